The molecule has 0 spiro atoms. The van der Waals surface area contributed by atoms with E-state index in [1.54, 1.807) is 0 Å². The van der Waals surface area contributed by atoms with E-state index in [1.165, 1.54) is 6.92 Å². The Kier molecular flexibility index (Phi) is 13.0. The van der Waals surface area contributed by atoms with Crippen LogP contribution in [0.5, 0.6) is 0 Å². The van der Waals surface area contributed by atoms with Crippen molar-refractivity contribution in [2.45, 2.75) is 32.6 Å². The van der Waals surface area contributed by atoms with Gasteiger partial charge in [0.1, 0.15) is 0 Å². The molecule has 0 heterocycles. The Balaban J connectivity index is 0. The Hall–Kier alpha value is -2.37. The molecule has 0 saturated heterocycles. The largest absolute Gasteiger partial charge is 0.478 e. The van der Waals surface area contributed by atoms with Crippen molar-refractivity contribution in [2.75, 3.05) is 0 Å². The predicted octanol–water partition coefficient (Wildman–Crippen LogP) is 2.57. The summed E-state index contributed by atoms with van der Waals surface area (Å²) >= 11 is 0. The van der Waals surface area contributed by atoms with E-state index in [1.807, 2.05) is 0 Å². The van der Waals surface area contributed by atoms with E-state index in [2.05, 4.69) is 29.2 Å². The van der Waals surface area contributed by atoms with Gasteiger partial charge in [-0.3, -0.25) is 9.59 Å². The zero-order chi connectivity index (χ0) is 16.0. The van der Waals surface area contributed by atoms with Crippen molar-refractivity contribution >= 4 is 17.9 Å². The molecule has 112 valence electrons. The third-order valence-corrected chi connectivity index (χ3v) is 1.81. The van der Waals surface area contributed by atoms with Gasteiger partial charge < -0.3 is 14.6 Å². The lowest BCUT2D eigenvalue weighted by atomic mass is 10.2. The minimum atomic E-state index is -0.935. The van der Waals surface area contributed by atoms with Crippen molar-refractivity contribution in [2.24, 2.45) is 0 Å². The molecule has 0 aliphatic heterocycles. The van der Waals surface area contributed by atoms with E-state index in [0.29, 0.717) is 12.8 Å². The van der Waals surface area contributed by atoms with Crippen molar-refractivity contribution in [1.29, 1.82) is 0 Å². The Morgan fingerprint density at radius 3 is 1.50 bits per heavy atom. The van der Waals surface area contributed by atoms with Crippen LogP contribution in [0.1, 0.15) is 32.6 Å². The van der Waals surface area contributed by atoms with Crippen molar-refractivity contribution in [3.05, 3.63) is 37.8 Å². The van der Waals surface area contributed by atoms with Gasteiger partial charge in [0.15, 0.2) is 0 Å². The summed E-state index contributed by atoms with van der Waals surface area (Å²) in [4.78, 5) is 31.2. The molecule has 0 aliphatic rings. The predicted molar refractivity (Wildman–Crippen MR) is 73.5 cm³/mol. The number of carbonyl (C=O) groups is 3. The van der Waals surface area contributed by atoms with E-state index in [4.69, 9.17) is 5.11 Å². The lowest BCUT2D eigenvalue weighted by molar-refractivity contribution is -0.140. The maximum atomic E-state index is 10.8. The number of carbonyl (C=O) groups excluding carboxylic acids is 2. The highest BCUT2D eigenvalue weighted by Crippen LogP contribution is 2.02. The van der Waals surface area contributed by atoms with Gasteiger partial charge in [-0.15, -0.1) is 0 Å². The topological polar surface area (TPSA) is 89.9 Å². The first-order chi connectivity index (χ1) is 9.34. The summed E-state index contributed by atoms with van der Waals surface area (Å²) in [5.74, 6) is -1.61. The van der Waals surface area contributed by atoms with Gasteiger partial charge in [0.05, 0.1) is 12.5 Å². The number of ether oxygens (including phenoxy) is 2. The second-order valence-corrected chi connectivity index (χ2v) is 3.61. The third-order valence-electron chi connectivity index (χ3n) is 1.81. The first kappa shape index (κ1) is 20.0. The van der Waals surface area contributed by atoms with Crippen LogP contribution in [-0.4, -0.2) is 23.0 Å². The Morgan fingerprint density at radius 1 is 1.00 bits per heavy atom. The van der Waals surface area contributed by atoms with Crippen LogP contribution in [0.4, 0.5) is 0 Å². The first-order valence-electron chi connectivity index (χ1n) is 5.84. The number of esters is 2. The quantitative estimate of drug-likeness (QED) is 0.319. The molecule has 0 saturated carbocycles. The fourth-order valence-electron chi connectivity index (χ4n) is 0.842. The molecule has 0 aromatic heterocycles. The number of rotatable bonds is 8. The summed E-state index contributed by atoms with van der Waals surface area (Å²) in [6.07, 6.45) is 3.95. The molecular formula is C14H20O6. The van der Waals surface area contributed by atoms with Gasteiger partial charge in [-0.2, -0.15) is 0 Å². The Bertz CT molecular complexity index is 334. The van der Waals surface area contributed by atoms with E-state index in [9.17, 15) is 14.4 Å². The molecule has 0 amide bonds. The standard InChI is InChI=1S/C10H14O4.C4H6O2/c1-3-13-9(11)7-5-6-8-10(12)14-4-2;1-3(2)4(5)6/h3-4H,1-2,5-8H2;1H2,2H3,(H,5,6). The highest BCUT2D eigenvalue weighted by molar-refractivity contribution is 5.84. The molecule has 0 unspecified atom stereocenters. The average Bonchev–Trinajstić information content (AvgIpc) is 2.36. The maximum absolute atomic E-state index is 10.8. The van der Waals surface area contributed by atoms with Gasteiger partial charge in [0.25, 0.3) is 0 Å². The molecule has 20 heavy (non-hydrogen) atoms. The zero-order valence-corrected chi connectivity index (χ0v) is 11.6. The summed E-state index contributed by atoms with van der Waals surface area (Å²) in [5.41, 5.74) is 0.176. The van der Waals surface area contributed by atoms with E-state index in [-0.39, 0.29) is 30.4 Å². The van der Waals surface area contributed by atoms with Gasteiger partial charge in [-0.1, -0.05) is 19.7 Å². The normalized spacial score (nSPS) is 8.45. The van der Waals surface area contributed by atoms with E-state index < -0.39 is 5.97 Å². The zero-order valence-electron chi connectivity index (χ0n) is 11.6. The SMILES string of the molecule is C=C(C)C(=O)O.C=COC(=O)CCCCC(=O)OC=C. The minimum absolute atomic E-state index is 0.176. The fraction of sp³-hybridized carbons (Fsp3) is 0.357. The van der Waals surface area contributed by atoms with Crippen molar-refractivity contribution in [3.8, 4) is 0 Å². The van der Waals surface area contributed by atoms with E-state index >= 15 is 0 Å². The molecule has 0 aromatic carbocycles. The van der Waals surface area contributed by atoms with Crippen molar-refractivity contribution < 1.29 is 29.0 Å². The van der Waals surface area contributed by atoms with Gasteiger partial charge in [-0.25, -0.2) is 4.79 Å². The summed E-state index contributed by atoms with van der Waals surface area (Å²) < 4.78 is 8.98. The van der Waals surface area contributed by atoms with Crippen LogP contribution >= 0.6 is 0 Å². The van der Waals surface area contributed by atoms with Gasteiger partial charge in [0, 0.05) is 18.4 Å². The Morgan fingerprint density at radius 2 is 1.30 bits per heavy atom. The fourth-order valence-corrected chi connectivity index (χ4v) is 0.842. The molecule has 6 heteroatoms. The summed E-state index contributed by atoms with van der Waals surface area (Å²) in [6, 6.07) is 0. The average molecular weight is 284 g/mol. The number of unbranched alkanes of at least 4 members (excludes halogenated alkanes) is 1. The smallest absolute Gasteiger partial charge is 0.330 e. The minimum Gasteiger partial charge on any atom is -0.478 e. The van der Waals surface area contributed by atoms with Crippen molar-refractivity contribution in [1.82, 2.24) is 0 Å². The van der Waals surface area contributed by atoms with Gasteiger partial charge in [0.2, 0.25) is 0 Å². The van der Waals surface area contributed by atoms with Crippen LogP contribution in [0.15, 0.2) is 37.8 Å². The number of carboxylic acid groups (broad SMARTS) is 1. The van der Waals surface area contributed by atoms with Gasteiger partial charge in [-0.05, 0) is 19.8 Å². The molecule has 6 nitrogen and oxygen atoms in total. The van der Waals surface area contributed by atoms with Crippen LogP contribution in [0.2, 0.25) is 0 Å². The highest BCUT2D eigenvalue weighted by Gasteiger charge is 2.03. The van der Waals surface area contributed by atoms with Crippen LogP contribution < -0.4 is 0 Å². The van der Waals surface area contributed by atoms with E-state index in [0.717, 1.165) is 12.5 Å². The summed E-state index contributed by atoms with van der Waals surface area (Å²) in [7, 11) is 0. The molecule has 0 rings (SSSR count). The lowest BCUT2D eigenvalue weighted by Crippen LogP contribution is -2.01. The number of aliphatic carboxylic acids is 1. The summed E-state index contributed by atoms with van der Waals surface area (Å²) in [5, 5.41) is 7.89. The van der Waals surface area contributed by atoms with Crippen LogP contribution in [0.25, 0.3) is 0 Å². The molecule has 0 aliphatic carbocycles. The second-order valence-electron chi connectivity index (χ2n) is 3.61. The van der Waals surface area contributed by atoms with Crippen LogP contribution in [0, 0.1) is 0 Å². The maximum Gasteiger partial charge on any atom is 0.330 e. The van der Waals surface area contributed by atoms with Gasteiger partial charge >= 0.3 is 17.9 Å². The number of hydrogen-bond donors (Lipinski definition) is 1. The Labute approximate surface area is 118 Å². The molecule has 0 radical (unpaired) electrons. The first-order valence-corrected chi connectivity index (χ1v) is 5.84. The number of hydrogen-bond acceptors (Lipinski definition) is 5. The molecule has 1 N–H and O–H groups in total. The number of carboxylic acids is 1. The van der Waals surface area contributed by atoms with Crippen molar-refractivity contribution in [3.63, 3.8) is 0 Å². The summed E-state index contributed by atoms with van der Waals surface area (Å²) in [6.45, 7) is 11.1. The molecule has 0 fully saturated rings. The molecule has 0 bridgehead atoms. The second kappa shape index (κ2) is 13.1. The lowest BCUT2D eigenvalue weighted by Gasteiger charge is -1.99. The molecular weight excluding hydrogens is 264 g/mol. The monoisotopic (exact) mass is 284 g/mol. The van der Waals surface area contributed by atoms with Crippen LogP contribution in [0.3, 0.4) is 0 Å². The molecule has 0 atom stereocenters. The highest BCUT2D eigenvalue weighted by atomic mass is 16.5. The van der Waals surface area contributed by atoms with Crippen LogP contribution in [-0.2, 0) is 23.9 Å². The molecule has 0 aromatic rings. The third kappa shape index (κ3) is 15.6.